The van der Waals surface area contributed by atoms with Gasteiger partial charge in [0.25, 0.3) is 23.6 Å². The van der Waals surface area contributed by atoms with Crippen molar-refractivity contribution in [1.29, 1.82) is 0 Å². The van der Waals surface area contributed by atoms with Gasteiger partial charge >= 0.3 is 5.97 Å². The zero-order valence-electron chi connectivity index (χ0n) is 43.7. The molecular formula is C49H80N8O14. The van der Waals surface area contributed by atoms with Crippen LogP contribution in [0.4, 0.5) is 0 Å². The van der Waals surface area contributed by atoms with Crippen molar-refractivity contribution in [2.75, 3.05) is 20.1 Å². The summed E-state index contributed by atoms with van der Waals surface area (Å²) in [6, 6.07) is -9.45. The van der Waals surface area contributed by atoms with E-state index in [1.54, 1.807) is 39.8 Å². The van der Waals surface area contributed by atoms with Crippen LogP contribution in [0.5, 0.6) is 0 Å². The van der Waals surface area contributed by atoms with E-state index in [0.29, 0.717) is 17.6 Å². The van der Waals surface area contributed by atoms with Crippen molar-refractivity contribution in [3.63, 3.8) is 0 Å². The number of likely N-dealkylation sites (N-methyl/N-ethyl adjacent to an activating group) is 1. The Bertz CT molecular complexity index is 2060. The van der Waals surface area contributed by atoms with E-state index >= 15 is 4.79 Å². The number of ether oxygens (including phenoxy) is 2. The first-order valence-electron chi connectivity index (χ1n) is 24.9. The van der Waals surface area contributed by atoms with Gasteiger partial charge in [-0.05, 0) is 109 Å². The number of nitrogens with zero attached hydrogens (tertiary/aromatic N) is 4. The van der Waals surface area contributed by atoms with E-state index in [0.717, 1.165) is 21.8 Å². The number of allylic oxidation sites excluding steroid dienone is 3. The maximum Gasteiger partial charge on any atom is 0.331 e. The van der Waals surface area contributed by atoms with Gasteiger partial charge in [0.1, 0.15) is 36.3 Å². The summed E-state index contributed by atoms with van der Waals surface area (Å²) in [4.78, 5) is 116. The lowest BCUT2D eigenvalue weighted by molar-refractivity contribution is -0.321. The molecule has 4 rings (SSSR count). The van der Waals surface area contributed by atoms with E-state index in [9.17, 15) is 54.1 Å². The molecule has 4 aliphatic heterocycles. The molecule has 1 unspecified atom stereocenters. The van der Waals surface area contributed by atoms with Gasteiger partial charge in [0.05, 0.1) is 12.2 Å². The zero-order chi connectivity index (χ0) is 53.6. The molecule has 400 valence electrons. The SMILES string of the molecule is C/C=C(\C)C(=O)[C@@H](C)/C=C(\C)[C@H]1O[C@@](O)(C(C)(O)C(=O)N[C@@H]2C(=O)N3NCCC[C@@H]3C(=O)N(O)[C@@H](C)C(=O)N(C)[C@H](CC(C)C)C(=O)N3NCCC[C@H]3C(=O)N[C@H]([C@H](C)O)C(=O)O[C@H]2C(C)C)CC[C@@H]1C. The Labute approximate surface area is 417 Å². The number of nitrogens with one attached hydrogen (secondary N) is 4. The van der Waals surface area contributed by atoms with Crippen LogP contribution in [0.3, 0.4) is 0 Å². The van der Waals surface area contributed by atoms with Gasteiger partial charge in [-0.1, -0.05) is 53.7 Å². The number of amides is 6. The number of esters is 1. The molecule has 0 aromatic heterocycles. The number of Topliss-reactive ketones (excluding diaryl/α,β-unsaturated/α-hetero) is 1. The van der Waals surface area contributed by atoms with Crippen LogP contribution in [0.15, 0.2) is 23.3 Å². The second-order valence-corrected chi connectivity index (χ2v) is 20.8. The fourth-order valence-electron chi connectivity index (χ4n) is 9.58. The van der Waals surface area contributed by atoms with Gasteiger partial charge in [-0.25, -0.2) is 20.7 Å². The van der Waals surface area contributed by atoms with Crippen LogP contribution in [-0.4, -0.2) is 174 Å². The Balaban J connectivity index is 1.85. The van der Waals surface area contributed by atoms with Crippen molar-refractivity contribution in [2.24, 2.45) is 23.7 Å². The molecule has 0 spiro atoms. The molecule has 0 aromatic carbocycles. The molecule has 22 heteroatoms. The molecule has 4 aliphatic rings. The fourth-order valence-corrected chi connectivity index (χ4v) is 9.58. The predicted molar refractivity (Wildman–Crippen MR) is 256 cm³/mol. The average Bonchev–Trinajstić information content (AvgIpc) is 3.33. The molecular weight excluding hydrogens is 925 g/mol. The molecule has 13 atom stereocenters. The number of ketones is 1. The van der Waals surface area contributed by atoms with Gasteiger partial charge in [0.15, 0.2) is 17.4 Å². The third-order valence-corrected chi connectivity index (χ3v) is 14.3. The van der Waals surface area contributed by atoms with Crippen LogP contribution >= 0.6 is 0 Å². The number of aliphatic hydroxyl groups excluding tert-OH is 1. The smallest absolute Gasteiger partial charge is 0.331 e. The highest BCUT2D eigenvalue weighted by molar-refractivity contribution is 5.98. The molecule has 0 aromatic rings. The number of cyclic esters (lactones) is 1. The first-order chi connectivity index (χ1) is 33.0. The predicted octanol–water partition coefficient (Wildman–Crippen LogP) is 0.761. The third kappa shape index (κ3) is 13.0. The van der Waals surface area contributed by atoms with Crippen LogP contribution in [0.25, 0.3) is 0 Å². The quantitative estimate of drug-likeness (QED) is 0.0614. The standard InChI is InChI=1S/C49H80N8O14/c1-14-27(6)38(59)29(8)24-30(9)40-28(7)19-20-49(68,71-40)48(12,67)47(66)53-37-39(26(4)5)70-46(65)36(32(11)58)52-41(60)33-17-15-21-50-55(33)43(62)35(23-25(2)3)54(13)42(61)31(10)57(69)44(63)34-18-16-22-51-56(34)45(37)64/h14,24-26,28-29,31-37,39-40,50-51,58,67-69H,15-23H2,1-13H3,(H,52,60)(H,53,66)/b27-14+,30-24+/t28-,29-,31-,32-,33-,34+,35+,36+,37-,39-,40-,48?,49+/m0/s1. The zero-order valence-corrected chi connectivity index (χ0v) is 43.7. The van der Waals surface area contributed by atoms with Crippen molar-refractivity contribution in [2.45, 2.75) is 194 Å². The number of fused-ring (bicyclic) bond motifs is 2. The molecule has 4 saturated heterocycles. The van der Waals surface area contributed by atoms with Gasteiger partial charge in [0, 0.05) is 32.5 Å². The summed E-state index contributed by atoms with van der Waals surface area (Å²) in [5.41, 5.74) is 4.03. The molecule has 0 bridgehead atoms. The van der Waals surface area contributed by atoms with E-state index < -0.39 is 119 Å². The van der Waals surface area contributed by atoms with Gasteiger partial charge in [0.2, 0.25) is 17.6 Å². The van der Waals surface area contributed by atoms with Crippen LogP contribution in [0.2, 0.25) is 0 Å². The summed E-state index contributed by atoms with van der Waals surface area (Å²) in [5, 5.41) is 54.0. The second-order valence-electron chi connectivity index (χ2n) is 20.8. The Morgan fingerprint density at radius 3 is 2.03 bits per heavy atom. The van der Waals surface area contributed by atoms with Crippen LogP contribution in [-0.2, 0) is 47.8 Å². The minimum Gasteiger partial charge on any atom is -0.458 e. The number of aliphatic hydroxyl groups is 3. The minimum atomic E-state index is -2.85. The lowest BCUT2D eigenvalue weighted by Crippen LogP contribution is -2.70. The van der Waals surface area contributed by atoms with Crippen LogP contribution in [0.1, 0.15) is 128 Å². The van der Waals surface area contributed by atoms with E-state index in [1.165, 1.54) is 34.7 Å². The number of hydrazine groups is 2. The summed E-state index contributed by atoms with van der Waals surface area (Å²) in [5.74, 6) is -11.9. The van der Waals surface area contributed by atoms with E-state index in [4.69, 9.17) is 9.47 Å². The molecule has 4 fully saturated rings. The maximum absolute atomic E-state index is 15.2. The summed E-state index contributed by atoms with van der Waals surface area (Å²) in [6.45, 7) is 19.2. The van der Waals surface area contributed by atoms with Crippen molar-refractivity contribution >= 4 is 47.2 Å². The lowest BCUT2D eigenvalue weighted by Gasteiger charge is -2.48. The minimum absolute atomic E-state index is 0.0684. The molecule has 71 heavy (non-hydrogen) atoms. The monoisotopic (exact) mass is 1000 g/mol. The largest absolute Gasteiger partial charge is 0.458 e. The summed E-state index contributed by atoms with van der Waals surface area (Å²) < 4.78 is 12.2. The average molecular weight is 1010 g/mol. The molecule has 6 amide bonds. The molecule has 4 heterocycles. The van der Waals surface area contributed by atoms with Gasteiger partial charge < -0.3 is 40.3 Å². The highest BCUT2D eigenvalue weighted by Gasteiger charge is 2.58. The molecule has 8 N–H and O–H groups in total. The summed E-state index contributed by atoms with van der Waals surface area (Å²) >= 11 is 0. The normalized spacial score (nSPS) is 32.5. The highest BCUT2D eigenvalue weighted by Crippen LogP contribution is 2.41. The Hall–Kier alpha value is -4.84. The van der Waals surface area contributed by atoms with Crippen molar-refractivity contribution in [3.05, 3.63) is 23.3 Å². The van der Waals surface area contributed by atoms with E-state index in [2.05, 4.69) is 21.5 Å². The molecule has 0 aliphatic carbocycles. The lowest BCUT2D eigenvalue weighted by atomic mass is 9.80. The fraction of sp³-hybridized carbons (Fsp3) is 0.755. The van der Waals surface area contributed by atoms with Gasteiger partial charge in [-0.2, -0.15) is 0 Å². The van der Waals surface area contributed by atoms with Crippen molar-refractivity contribution < 1.29 is 68.4 Å². The molecule has 22 nitrogen and oxygen atoms in total. The number of hydrogen-bond acceptors (Lipinski definition) is 16. The van der Waals surface area contributed by atoms with Crippen LogP contribution in [0, 0.1) is 23.7 Å². The number of carbonyl (C=O) groups is 8. The summed E-state index contributed by atoms with van der Waals surface area (Å²) in [7, 11) is 1.33. The van der Waals surface area contributed by atoms with Crippen molar-refractivity contribution in [3.8, 4) is 0 Å². The number of rotatable bonds is 11. The first kappa shape index (κ1) is 58.7. The van der Waals surface area contributed by atoms with Gasteiger partial charge in [-0.3, -0.25) is 48.8 Å². The van der Waals surface area contributed by atoms with Gasteiger partial charge in [-0.15, -0.1) is 0 Å². The Morgan fingerprint density at radius 1 is 0.901 bits per heavy atom. The number of hydrogen-bond donors (Lipinski definition) is 8. The number of hydroxylamine groups is 2. The third-order valence-electron chi connectivity index (χ3n) is 14.3. The van der Waals surface area contributed by atoms with E-state index in [-0.39, 0.29) is 74.3 Å². The second kappa shape index (κ2) is 24.3. The summed E-state index contributed by atoms with van der Waals surface area (Å²) in [6.07, 6.45) is 0.00218. The van der Waals surface area contributed by atoms with E-state index in [1.807, 2.05) is 20.8 Å². The topological polar surface area (TPSA) is 297 Å². The Morgan fingerprint density at radius 2 is 1.48 bits per heavy atom. The molecule has 0 radical (unpaired) electrons. The Kier molecular flexibility index (Phi) is 20.1. The molecule has 0 saturated carbocycles. The van der Waals surface area contributed by atoms with Crippen molar-refractivity contribution in [1.82, 2.24) is 41.5 Å². The highest BCUT2D eigenvalue weighted by atomic mass is 16.6. The maximum atomic E-state index is 15.2. The first-order valence-corrected chi connectivity index (χ1v) is 24.9. The number of carbonyl (C=O) groups excluding carboxylic acids is 8. The van der Waals surface area contributed by atoms with Crippen LogP contribution < -0.4 is 21.5 Å².